The van der Waals surface area contributed by atoms with Gasteiger partial charge in [0.2, 0.25) is 0 Å². The number of nitrogens with one attached hydrogen (secondary N) is 1. The van der Waals surface area contributed by atoms with E-state index in [-0.39, 0.29) is 18.1 Å². The summed E-state index contributed by atoms with van der Waals surface area (Å²) in [5.74, 6) is 2.41. The molecule has 4 atom stereocenters. The van der Waals surface area contributed by atoms with Gasteiger partial charge in [-0.1, -0.05) is 49.3 Å². The molecule has 0 unspecified atom stereocenters. The van der Waals surface area contributed by atoms with E-state index in [4.69, 9.17) is 9.26 Å². The molecule has 30 heavy (non-hydrogen) atoms. The summed E-state index contributed by atoms with van der Waals surface area (Å²) >= 11 is 0. The van der Waals surface area contributed by atoms with Crippen molar-refractivity contribution in [3.63, 3.8) is 0 Å². The molecule has 2 aliphatic rings. The first-order valence-corrected chi connectivity index (χ1v) is 11.1. The lowest BCUT2D eigenvalue weighted by molar-refractivity contribution is 0.0123. The van der Waals surface area contributed by atoms with Gasteiger partial charge >= 0.3 is 0 Å². The number of benzene rings is 1. The van der Waals surface area contributed by atoms with Crippen LogP contribution >= 0.6 is 0 Å². The molecule has 1 aliphatic carbocycles. The first kappa shape index (κ1) is 21.1. The van der Waals surface area contributed by atoms with Crippen LogP contribution in [-0.4, -0.2) is 54.9 Å². The quantitative estimate of drug-likeness (QED) is 0.750. The number of fused-ring (bicyclic) bond motifs is 1. The zero-order valence-corrected chi connectivity index (χ0v) is 18.2. The first-order chi connectivity index (χ1) is 14.5. The van der Waals surface area contributed by atoms with Gasteiger partial charge in [0.1, 0.15) is 0 Å². The van der Waals surface area contributed by atoms with Gasteiger partial charge in [-0.2, -0.15) is 0 Å². The molecule has 162 valence electrons. The van der Waals surface area contributed by atoms with E-state index in [0.717, 1.165) is 37.4 Å². The van der Waals surface area contributed by atoms with E-state index in [1.54, 1.807) is 13.2 Å². The third-order valence-corrected chi connectivity index (χ3v) is 6.64. The highest BCUT2D eigenvalue weighted by Gasteiger charge is 2.42. The fourth-order valence-corrected chi connectivity index (χ4v) is 4.91. The molecule has 1 aliphatic heterocycles. The summed E-state index contributed by atoms with van der Waals surface area (Å²) < 4.78 is 11.2. The molecule has 4 rings (SSSR count). The van der Waals surface area contributed by atoms with Crippen molar-refractivity contribution in [1.82, 2.24) is 15.4 Å². The second-order valence-electron chi connectivity index (χ2n) is 9.23. The van der Waals surface area contributed by atoms with Gasteiger partial charge in [0.25, 0.3) is 5.91 Å². The second kappa shape index (κ2) is 9.31. The number of methoxy groups -OCH3 is 1. The molecule has 6 nitrogen and oxygen atoms in total. The lowest BCUT2D eigenvalue weighted by atomic mass is 9.77. The number of carbonyl (C=O) groups excluding carboxylic acids is 1. The monoisotopic (exact) mass is 411 g/mol. The van der Waals surface area contributed by atoms with Gasteiger partial charge in [0.15, 0.2) is 11.5 Å². The largest absolute Gasteiger partial charge is 0.379 e. The van der Waals surface area contributed by atoms with Crippen molar-refractivity contribution in [2.45, 2.75) is 45.3 Å². The Morgan fingerprint density at radius 3 is 2.67 bits per heavy atom. The maximum Gasteiger partial charge on any atom is 0.273 e. The van der Waals surface area contributed by atoms with Crippen molar-refractivity contribution >= 4 is 5.91 Å². The van der Waals surface area contributed by atoms with Crippen LogP contribution in [0.1, 0.15) is 43.6 Å². The topological polar surface area (TPSA) is 67.6 Å². The van der Waals surface area contributed by atoms with Gasteiger partial charge in [-0.15, -0.1) is 0 Å². The molecule has 2 fully saturated rings. The number of hydrogen-bond donors (Lipinski definition) is 1. The van der Waals surface area contributed by atoms with Gasteiger partial charge in [-0.05, 0) is 43.6 Å². The van der Waals surface area contributed by atoms with Gasteiger partial charge < -0.3 is 19.5 Å². The van der Waals surface area contributed by atoms with Crippen molar-refractivity contribution < 1.29 is 14.1 Å². The molecule has 1 N–H and O–H groups in total. The number of ether oxygens (including phenoxy) is 1. The van der Waals surface area contributed by atoms with Crippen molar-refractivity contribution in [1.29, 1.82) is 0 Å². The summed E-state index contributed by atoms with van der Waals surface area (Å²) in [6.45, 7) is 8.01. The van der Waals surface area contributed by atoms with E-state index in [2.05, 4.69) is 29.2 Å². The number of rotatable bonds is 7. The Labute approximate surface area is 179 Å². The van der Waals surface area contributed by atoms with Crippen LogP contribution < -0.4 is 5.32 Å². The molecule has 1 aromatic carbocycles. The van der Waals surface area contributed by atoms with Gasteiger partial charge in [-0.3, -0.25) is 4.79 Å². The molecule has 1 amide bonds. The Morgan fingerprint density at radius 1 is 1.23 bits per heavy atom. The number of carbonyl (C=O) groups is 1. The maximum absolute atomic E-state index is 12.9. The third-order valence-electron chi connectivity index (χ3n) is 6.64. The summed E-state index contributed by atoms with van der Waals surface area (Å²) in [6, 6.07) is 11.4. The minimum absolute atomic E-state index is 0.00525. The predicted molar refractivity (Wildman–Crippen MR) is 116 cm³/mol. The summed E-state index contributed by atoms with van der Waals surface area (Å²) in [6.07, 6.45) is 3.23. The van der Waals surface area contributed by atoms with E-state index in [0.29, 0.717) is 23.3 Å². The van der Waals surface area contributed by atoms with Gasteiger partial charge in [0.05, 0.1) is 12.1 Å². The zero-order chi connectivity index (χ0) is 21.1. The SMILES string of the molecule is CO[C@H]1C[C@@H]2CN(CCC(C)C)C[C@@H]2C[C@@H]1NC(=O)c1cc(-c2ccccc2)on1. The minimum Gasteiger partial charge on any atom is -0.379 e. The van der Waals surface area contributed by atoms with Crippen LogP contribution in [0.5, 0.6) is 0 Å². The molecule has 0 radical (unpaired) electrons. The molecular formula is C24H33N3O3. The lowest BCUT2D eigenvalue weighted by Crippen LogP contribution is -2.50. The van der Waals surface area contributed by atoms with Crippen LogP contribution in [0, 0.1) is 17.8 Å². The summed E-state index contributed by atoms with van der Waals surface area (Å²) in [5.41, 5.74) is 1.22. The molecule has 0 bridgehead atoms. The van der Waals surface area contributed by atoms with E-state index >= 15 is 0 Å². The molecule has 2 aromatic rings. The van der Waals surface area contributed by atoms with Crippen LogP contribution in [0.4, 0.5) is 0 Å². The summed E-state index contributed by atoms with van der Waals surface area (Å²) in [4.78, 5) is 15.4. The first-order valence-electron chi connectivity index (χ1n) is 11.1. The normalized spacial score (nSPS) is 26.7. The average molecular weight is 412 g/mol. The Bertz CT molecular complexity index is 835. The fourth-order valence-electron chi connectivity index (χ4n) is 4.91. The molecule has 6 heteroatoms. The fraction of sp³-hybridized carbons (Fsp3) is 0.583. The average Bonchev–Trinajstić information content (AvgIpc) is 3.39. The Morgan fingerprint density at radius 2 is 1.97 bits per heavy atom. The predicted octanol–water partition coefficient (Wildman–Crippen LogP) is 3.84. The number of hydrogen-bond acceptors (Lipinski definition) is 5. The van der Waals surface area contributed by atoms with Crippen LogP contribution in [0.2, 0.25) is 0 Å². The van der Waals surface area contributed by atoms with Crippen LogP contribution in [0.3, 0.4) is 0 Å². The number of nitrogens with zero attached hydrogens (tertiary/aromatic N) is 2. The summed E-state index contributed by atoms with van der Waals surface area (Å²) in [5, 5.41) is 7.17. The van der Waals surface area contributed by atoms with E-state index in [1.165, 1.54) is 13.0 Å². The second-order valence-corrected chi connectivity index (χ2v) is 9.23. The van der Waals surface area contributed by atoms with Crippen molar-refractivity contribution in [2.24, 2.45) is 17.8 Å². The molecule has 1 aromatic heterocycles. The molecule has 1 saturated carbocycles. The number of likely N-dealkylation sites (tertiary alicyclic amines) is 1. The Kier molecular flexibility index (Phi) is 6.54. The van der Waals surface area contributed by atoms with Crippen LogP contribution in [-0.2, 0) is 4.74 Å². The van der Waals surface area contributed by atoms with Gasteiger partial charge in [0, 0.05) is 31.8 Å². The van der Waals surface area contributed by atoms with Crippen molar-refractivity contribution in [3.05, 3.63) is 42.1 Å². The molecule has 0 spiro atoms. The number of amides is 1. The standard InChI is InChI=1S/C24H33N3O3/c1-16(2)9-10-27-14-18-11-20(23(29-3)12-19(18)15-27)25-24(28)21-13-22(30-26-21)17-7-5-4-6-8-17/h4-8,13,16,18-20,23H,9-12,14-15H2,1-3H3,(H,25,28)/t18-,19+,20-,23-/m0/s1. The minimum atomic E-state index is -0.193. The van der Waals surface area contributed by atoms with E-state index < -0.39 is 0 Å². The lowest BCUT2D eigenvalue weighted by Gasteiger charge is -2.37. The smallest absolute Gasteiger partial charge is 0.273 e. The van der Waals surface area contributed by atoms with Gasteiger partial charge in [-0.25, -0.2) is 0 Å². The highest BCUT2D eigenvalue weighted by atomic mass is 16.5. The molecule has 1 saturated heterocycles. The van der Waals surface area contributed by atoms with Crippen molar-refractivity contribution in [3.8, 4) is 11.3 Å². The third kappa shape index (κ3) is 4.76. The molecule has 2 heterocycles. The Hall–Kier alpha value is -2.18. The molecular weight excluding hydrogens is 378 g/mol. The van der Waals surface area contributed by atoms with Crippen LogP contribution in [0.25, 0.3) is 11.3 Å². The zero-order valence-electron chi connectivity index (χ0n) is 18.2. The number of aromatic nitrogens is 1. The highest BCUT2D eigenvalue weighted by molar-refractivity contribution is 5.93. The highest BCUT2D eigenvalue weighted by Crippen LogP contribution is 2.37. The summed E-state index contributed by atoms with van der Waals surface area (Å²) in [7, 11) is 1.75. The maximum atomic E-state index is 12.9. The Balaban J connectivity index is 1.38. The van der Waals surface area contributed by atoms with Crippen LogP contribution in [0.15, 0.2) is 40.9 Å². The van der Waals surface area contributed by atoms with Crippen molar-refractivity contribution in [2.75, 3.05) is 26.7 Å². The van der Waals surface area contributed by atoms with E-state index in [9.17, 15) is 4.79 Å². The van der Waals surface area contributed by atoms with E-state index in [1.807, 2.05) is 30.3 Å².